The van der Waals surface area contributed by atoms with E-state index in [-0.39, 0.29) is 6.10 Å². The van der Waals surface area contributed by atoms with Crippen LogP contribution in [0.4, 0.5) is 0 Å². The van der Waals surface area contributed by atoms with Gasteiger partial charge in [-0.1, -0.05) is 35.2 Å². The molecule has 21 heavy (non-hydrogen) atoms. The van der Waals surface area contributed by atoms with E-state index in [0.29, 0.717) is 13.2 Å². The van der Waals surface area contributed by atoms with Gasteiger partial charge in [0.2, 0.25) is 0 Å². The Labute approximate surface area is 134 Å². The second-order valence-electron chi connectivity index (χ2n) is 4.50. The van der Waals surface area contributed by atoms with Crippen LogP contribution in [-0.2, 0) is 19.0 Å². The standard InChI is InChI=1S/C16H21BrO4/c1-4-7-10-20-15-11-12(17)13(5-2)21-14(15)8-9-16(18)19-6-3/h2,8-9,11,13-15H,4,6-7,10H2,1,3H3/t13-,14-,15-/m1/s1. The second-order valence-corrected chi connectivity index (χ2v) is 5.41. The average Bonchev–Trinajstić information content (AvgIpc) is 2.47. The normalized spacial score (nSPS) is 25.4. The van der Waals surface area contributed by atoms with Gasteiger partial charge in [-0.3, -0.25) is 0 Å². The molecule has 0 fully saturated rings. The summed E-state index contributed by atoms with van der Waals surface area (Å²) in [5.74, 6) is 2.14. The highest BCUT2D eigenvalue weighted by atomic mass is 79.9. The maximum Gasteiger partial charge on any atom is 0.330 e. The fraction of sp³-hybridized carbons (Fsp3) is 0.562. The van der Waals surface area contributed by atoms with Gasteiger partial charge in [0.15, 0.2) is 0 Å². The van der Waals surface area contributed by atoms with E-state index in [1.54, 1.807) is 13.0 Å². The maximum absolute atomic E-state index is 11.4. The highest BCUT2D eigenvalue weighted by molar-refractivity contribution is 9.11. The van der Waals surface area contributed by atoms with Gasteiger partial charge in [0.1, 0.15) is 18.3 Å². The molecule has 1 heterocycles. The smallest absolute Gasteiger partial charge is 0.330 e. The van der Waals surface area contributed by atoms with Gasteiger partial charge in [-0.15, -0.1) is 6.42 Å². The first kappa shape index (κ1) is 18.0. The Kier molecular flexibility index (Phi) is 8.36. The number of ether oxygens (including phenoxy) is 3. The Bertz CT molecular complexity index is 436. The minimum Gasteiger partial charge on any atom is -0.463 e. The predicted octanol–water partition coefficient (Wildman–Crippen LogP) is 2.97. The minimum atomic E-state index is -0.465. The number of hydrogen-bond acceptors (Lipinski definition) is 4. The number of halogens is 1. The summed E-state index contributed by atoms with van der Waals surface area (Å²) in [5.41, 5.74) is 0. The number of esters is 1. The van der Waals surface area contributed by atoms with Crippen LogP contribution >= 0.6 is 15.9 Å². The molecule has 0 saturated carbocycles. The summed E-state index contributed by atoms with van der Waals surface area (Å²) in [5, 5.41) is 0. The zero-order chi connectivity index (χ0) is 15.7. The molecule has 0 aromatic carbocycles. The summed E-state index contributed by atoms with van der Waals surface area (Å²) in [6.45, 7) is 4.82. The first-order valence-electron chi connectivity index (χ1n) is 7.07. The molecule has 0 aromatic heterocycles. The number of carbonyl (C=O) groups is 1. The van der Waals surface area contributed by atoms with E-state index < -0.39 is 18.2 Å². The van der Waals surface area contributed by atoms with E-state index in [1.165, 1.54) is 6.08 Å². The molecule has 0 unspecified atom stereocenters. The first-order valence-corrected chi connectivity index (χ1v) is 7.87. The Morgan fingerprint density at radius 3 is 2.95 bits per heavy atom. The molecule has 1 aliphatic rings. The van der Waals surface area contributed by atoms with E-state index in [1.807, 2.05) is 6.08 Å². The Balaban J connectivity index is 2.75. The van der Waals surface area contributed by atoms with Crippen molar-refractivity contribution in [2.75, 3.05) is 13.2 Å². The Morgan fingerprint density at radius 2 is 2.33 bits per heavy atom. The third kappa shape index (κ3) is 6.04. The van der Waals surface area contributed by atoms with Gasteiger partial charge >= 0.3 is 5.97 Å². The average molecular weight is 357 g/mol. The number of rotatable bonds is 7. The highest BCUT2D eigenvalue weighted by Gasteiger charge is 2.29. The third-order valence-corrected chi connectivity index (χ3v) is 3.54. The lowest BCUT2D eigenvalue weighted by Crippen LogP contribution is -2.37. The monoisotopic (exact) mass is 356 g/mol. The molecule has 0 aliphatic carbocycles. The second kappa shape index (κ2) is 9.78. The lowest BCUT2D eigenvalue weighted by Gasteiger charge is -2.30. The van der Waals surface area contributed by atoms with Crippen LogP contribution in [0.25, 0.3) is 0 Å². The van der Waals surface area contributed by atoms with Crippen molar-refractivity contribution in [2.45, 2.75) is 45.0 Å². The van der Waals surface area contributed by atoms with E-state index in [2.05, 4.69) is 28.8 Å². The van der Waals surface area contributed by atoms with Crippen molar-refractivity contribution < 1.29 is 19.0 Å². The van der Waals surface area contributed by atoms with Crippen LogP contribution in [0, 0.1) is 12.3 Å². The van der Waals surface area contributed by atoms with Crippen LogP contribution in [0.2, 0.25) is 0 Å². The Hall–Kier alpha value is -1.09. The number of hydrogen-bond donors (Lipinski definition) is 0. The minimum absolute atomic E-state index is 0.277. The van der Waals surface area contributed by atoms with Crippen LogP contribution in [0.5, 0.6) is 0 Å². The van der Waals surface area contributed by atoms with Crippen LogP contribution in [0.3, 0.4) is 0 Å². The van der Waals surface area contributed by atoms with Gasteiger partial charge in [-0.25, -0.2) is 4.79 Å². The summed E-state index contributed by atoms with van der Waals surface area (Å²) >= 11 is 3.39. The molecule has 5 heteroatoms. The van der Waals surface area contributed by atoms with Crippen LogP contribution in [0.1, 0.15) is 26.7 Å². The summed E-state index contributed by atoms with van der Waals surface area (Å²) in [6.07, 6.45) is 11.2. The van der Waals surface area contributed by atoms with Crippen LogP contribution in [0.15, 0.2) is 22.7 Å². The predicted molar refractivity (Wildman–Crippen MR) is 84.9 cm³/mol. The van der Waals surface area contributed by atoms with Crippen LogP contribution < -0.4 is 0 Å². The van der Waals surface area contributed by atoms with Crippen molar-refractivity contribution in [2.24, 2.45) is 0 Å². The molecule has 1 rings (SSSR count). The molecule has 0 radical (unpaired) electrons. The molecular formula is C16H21BrO4. The van der Waals surface area contributed by atoms with Crippen molar-refractivity contribution in [1.82, 2.24) is 0 Å². The molecular weight excluding hydrogens is 336 g/mol. The zero-order valence-electron chi connectivity index (χ0n) is 12.4. The number of terminal acetylenes is 1. The lowest BCUT2D eigenvalue weighted by atomic mass is 10.1. The van der Waals surface area contributed by atoms with Crippen molar-refractivity contribution >= 4 is 21.9 Å². The first-order chi connectivity index (χ1) is 10.1. The molecule has 3 atom stereocenters. The van der Waals surface area contributed by atoms with Crippen molar-refractivity contribution in [3.05, 3.63) is 22.7 Å². The topological polar surface area (TPSA) is 44.8 Å². The molecule has 0 amide bonds. The van der Waals surface area contributed by atoms with E-state index >= 15 is 0 Å². The zero-order valence-corrected chi connectivity index (χ0v) is 14.0. The summed E-state index contributed by atoms with van der Waals surface area (Å²) in [4.78, 5) is 11.4. The van der Waals surface area contributed by atoms with Gasteiger partial charge in [0, 0.05) is 17.2 Å². The van der Waals surface area contributed by atoms with E-state index in [9.17, 15) is 4.79 Å². The molecule has 0 N–H and O–H groups in total. The largest absolute Gasteiger partial charge is 0.463 e. The van der Waals surface area contributed by atoms with E-state index in [0.717, 1.165) is 17.3 Å². The quantitative estimate of drug-likeness (QED) is 0.304. The molecule has 0 spiro atoms. The summed E-state index contributed by atoms with van der Waals surface area (Å²) in [6, 6.07) is 0. The van der Waals surface area contributed by atoms with Gasteiger partial charge in [-0.2, -0.15) is 0 Å². The van der Waals surface area contributed by atoms with Gasteiger partial charge in [0.25, 0.3) is 0 Å². The fourth-order valence-electron chi connectivity index (χ4n) is 1.78. The van der Waals surface area contributed by atoms with Gasteiger partial charge < -0.3 is 14.2 Å². The summed E-state index contributed by atoms with van der Waals surface area (Å²) < 4.78 is 17.2. The fourth-order valence-corrected chi connectivity index (χ4v) is 2.28. The SMILES string of the molecule is C#C[C@H]1O[C@H](C=CC(=O)OCC)[C@H](OCCCC)C=C1Br. The molecule has 0 aromatic rings. The van der Waals surface area contributed by atoms with Gasteiger partial charge in [-0.05, 0) is 25.5 Å². The molecule has 0 bridgehead atoms. The number of carbonyl (C=O) groups excluding carboxylic acids is 1. The molecule has 116 valence electrons. The summed E-state index contributed by atoms with van der Waals surface area (Å²) in [7, 11) is 0. The van der Waals surface area contributed by atoms with E-state index in [4.69, 9.17) is 20.6 Å². The molecule has 4 nitrogen and oxygen atoms in total. The molecule has 1 aliphatic heterocycles. The highest BCUT2D eigenvalue weighted by Crippen LogP contribution is 2.26. The van der Waals surface area contributed by atoms with Crippen LogP contribution in [-0.4, -0.2) is 37.5 Å². The van der Waals surface area contributed by atoms with Crippen molar-refractivity contribution in [1.29, 1.82) is 0 Å². The van der Waals surface area contributed by atoms with Gasteiger partial charge in [0.05, 0.1) is 6.61 Å². The molecule has 0 saturated heterocycles. The number of unbranched alkanes of at least 4 members (excludes halogenated alkanes) is 1. The lowest BCUT2D eigenvalue weighted by molar-refractivity contribution is -0.137. The van der Waals surface area contributed by atoms with Crippen molar-refractivity contribution in [3.8, 4) is 12.3 Å². The maximum atomic E-state index is 11.4. The Morgan fingerprint density at radius 1 is 1.57 bits per heavy atom. The van der Waals surface area contributed by atoms with Crippen molar-refractivity contribution in [3.63, 3.8) is 0 Å². The third-order valence-electron chi connectivity index (χ3n) is 2.86.